The zero-order valence-electron chi connectivity index (χ0n) is 9.40. The molecule has 0 unspecified atom stereocenters. The number of alkyl halides is 3. The van der Waals surface area contributed by atoms with Crippen molar-refractivity contribution in [1.29, 1.82) is 0 Å². The number of aromatic carboxylic acids is 1. The van der Waals surface area contributed by atoms with Gasteiger partial charge in [-0.15, -0.1) is 0 Å². The fourth-order valence-corrected chi connectivity index (χ4v) is 1.38. The average molecular weight is 278 g/mol. The number of hydrogen-bond acceptors (Lipinski definition) is 4. The van der Waals surface area contributed by atoms with Crippen molar-refractivity contribution >= 4 is 11.7 Å². The average Bonchev–Trinajstić information content (AvgIpc) is 2.26. The van der Waals surface area contributed by atoms with Crippen molar-refractivity contribution < 1.29 is 28.0 Å². The van der Waals surface area contributed by atoms with Crippen LogP contribution in [0.25, 0.3) is 0 Å². The van der Waals surface area contributed by atoms with E-state index in [0.717, 1.165) is 18.2 Å². The predicted molar refractivity (Wildman–Crippen MR) is 57.8 cm³/mol. The van der Waals surface area contributed by atoms with Crippen molar-refractivity contribution in [2.24, 2.45) is 0 Å². The third kappa shape index (κ3) is 4.54. The monoisotopic (exact) mass is 278 g/mol. The molecular formula is C10H9F3N2O4. The molecule has 0 fully saturated rings. The van der Waals surface area contributed by atoms with Gasteiger partial charge >= 0.3 is 12.1 Å². The minimum atomic E-state index is -4.45. The molecule has 0 spiro atoms. The number of carboxylic acid groups (broad SMARTS) is 1. The highest BCUT2D eigenvalue weighted by Crippen LogP contribution is 2.20. The van der Waals surface area contributed by atoms with Crippen LogP contribution in [0.15, 0.2) is 18.2 Å². The molecule has 6 nitrogen and oxygen atoms in total. The molecule has 0 aromatic heterocycles. The van der Waals surface area contributed by atoms with Crippen molar-refractivity contribution in [1.82, 2.24) is 5.32 Å². The molecule has 0 atom stereocenters. The number of rotatable bonds is 5. The maximum absolute atomic E-state index is 11.9. The number of nitro groups is 1. The standard InChI is InChI=1S/C10H9F3N2O4/c11-10(12,13)5-14-4-7-3-6(9(16)17)1-2-8(7)15(18)19/h1-3,14H,4-5H2,(H,16,17). The Morgan fingerprint density at radius 1 is 1.42 bits per heavy atom. The van der Waals surface area contributed by atoms with Gasteiger partial charge in [-0.25, -0.2) is 4.79 Å². The van der Waals surface area contributed by atoms with E-state index in [9.17, 15) is 28.1 Å². The number of nitrogens with zero attached hydrogens (tertiary/aromatic N) is 1. The molecule has 0 aliphatic heterocycles. The first-order chi connectivity index (χ1) is 8.70. The Morgan fingerprint density at radius 2 is 2.05 bits per heavy atom. The summed E-state index contributed by atoms with van der Waals surface area (Å²) in [4.78, 5) is 20.6. The topological polar surface area (TPSA) is 92.5 Å². The van der Waals surface area contributed by atoms with E-state index in [1.807, 2.05) is 5.32 Å². The number of carbonyl (C=O) groups is 1. The number of benzene rings is 1. The van der Waals surface area contributed by atoms with Crippen molar-refractivity contribution in [3.8, 4) is 0 Å². The molecule has 1 aromatic carbocycles. The van der Waals surface area contributed by atoms with Crippen LogP contribution in [0.1, 0.15) is 15.9 Å². The first kappa shape index (κ1) is 14.9. The van der Waals surface area contributed by atoms with Crippen LogP contribution in [0.5, 0.6) is 0 Å². The van der Waals surface area contributed by atoms with E-state index in [0.29, 0.717) is 0 Å². The predicted octanol–water partition coefficient (Wildman–Crippen LogP) is 1.94. The van der Waals surface area contributed by atoms with Gasteiger partial charge < -0.3 is 10.4 Å². The van der Waals surface area contributed by atoms with Gasteiger partial charge in [-0.05, 0) is 12.1 Å². The number of nitro benzene ring substituents is 1. The molecule has 0 heterocycles. The maximum Gasteiger partial charge on any atom is 0.401 e. The van der Waals surface area contributed by atoms with Gasteiger partial charge in [0.15, 0.2) is 0 Å². The largest absolute Gasteiger partial charge is 0.478 e. The van der Waals surface area contributed by atoms with Crippen molar-refractivity contribution in [3.05, 3.63) is 39.4 Å². The maximum atomic E-state index is 11.9. The van der Waals surface area contributed by atoms with Crippen LogP contribution < -0.4 is 5.32 Å². The summed E-state index contributed by atoms with van der Waals surface area (Å²) in [5, 5.41) is 21.4. The second-order valence-electron chi connectivity index (χ2n) is 3.62. The van der Waals surface area contributed by atoms with E-state index in [1.165, 1.54) is 0 Å². The van der Waals surface area contributed by atoms with Gasteiger partial charge in [0.25, 0.3) is 5.69 Å². The van der Waals surface area contributed by atoms with Crippen molar-refractivity contribution in [2.45, 2.75) is 12.7 Å². The summed E-state index contributed by atoms with van der Waals surface area (Å²) in [7, 11) is 0. The van der Waals surface area contributed by atoms with Gasteiger partial charge in [0.05, 0.1) is 17.0 Å². The Morgan fingerprint density at radius 3 is 2.53 bits per heavy atom. The molecule has 0 saturated carbocycles. The lowest BCUT2D eigenvalue weighted by molar-refractivity contribution is -0.385. The number of carboxylic acids is 1. The van der Waals surface area contributed by atoms with Crippen molar-refractivity contribution in [2.75, 3.05) is 6.54 Å². The van der Waals surface area contributed by atoms with Gasteiger partial charge in [0.2, 0.25) is 0 Å². The van der Waals surface area contributed by atoms with Crippen LogP contribution in [-0.2, 0) is 6.54 Å². The minimum absolute atomic E-state index is 0.117. The molecule has 0 bridgehead atoms. The third-order valence-electron chi connectivity index (χ3n) is 2.16. The fourth-order valence-electron chi connectivity index (χ4n) is 1.38. The highest BCUT2D eigenvalue weighted by molar-refractivity contribution is 5.88. The normalized spacial score (nSPS) is 11.3. The summed E-state index contributed by atoms with van der Waals surface area (Å²) in [6.45, 7) is -1.77. The van der Waals surface area contributed by atoms with Crippen LogP contribution in [0, 0.1) is 10.1 Å². The smallest absolute Gasteiger partial charge is 0.401 e. The second-order valence-corrected chi connectivity index (χ2v) is 3.62. The third-order valence-corrected chi connectivity index (χ3v) is 2.16. The Hall–Kier alpha value is -2.16. The molecule has 0 aliphatic carbocycles. The van der Waals surface area contributed by atoms with E-state index in [-0.39, 0.29) is 11.1 Å². The summed E-state index contributed by atoms with van der Waals surface area (Å²) in [6.07, 6.45) is -4.45. The lowest BCUT2D eigenvalue weighted by atomic mass is 10.1. The quantitative estimate of drug-likeness (QED) is 0.634. The lowest BCUT2D eigenvalue weighted by Crippen LogP contribution is -2.28. The highest BCUT2D eigenvalue weighted by atomic mass is 19.4. The Balaban J connectivity index is 2.92. The van der Waals surface area contributed by atoms with Gasteiger partial charge in [0.1, 0.15) is 0 Å². The van der Waals surface area contributed by atoms with Gasteiger partial charge in [-0.3, -0.25) is 10.1 Å². The van der Waals surface area contributed by atoms with Gasteiger partial charge in [0, 0.05) is 18.2 Å². The summed E-state index contributed by atoms with van der Waals surface area (Å²) in [6, 6.07) is 2.95. The minimum Gasteiger partial charge on any atom is -0.478 e. The summed E-state index contributed by atoms with van der Waals surface area (Å²) in [5.41, 5.74) is -0.775. The molecule has 1 rings (SSSR count). The van der Waals surface area contributed by atoms with E-state index < -0.39 is 35.8 Å². The molecule has 1 aromatic rings. The first-order valence-corrected chi connectivity index (χ1v) is 4.99. The summed E-state index contributed by atoms with van der Waals surface area (Å²) in [5.74, 6) is -1.31. The first-order valence-electron chi connectivity index (χ1n) is 4.99. The number of nitrogens with one attached hydrogen (secondary N) is 1. The lowest BCUT2D eigenvalue weighted by Gasteiger charge is -2.09. The molecular weight excluding hydrogens is 269 g/mol. The molecule has 0 saturated heterocycles. The molecule has 9 heteroatoms. The summed E-state index contributed by atoms with van der Waals surface area (Å²) >= 11 is 0. The SMILES string of the molecule is O=C(O)c1ccc([N+](=O)[O-])c(CNCC(F)(F)F)c1. The summed E-state index contributed by atoms with van der Waals surface area (Å²) < 4.78 is 35.8. The van der Waals surface area contributed by atoms with E-state index >= 15 is 0 Å². The van der Waals surface area contributed by atoms with Crippen LogP contribution >= 0.6 is 0 Å². The Labute approximate surface area is 105 Å². The Kier molecular flexibility index (Phi) is 4.43. The zero-order chi connectivity index (χ0) is 14.6. The molecule has 104 valence electrons. The van der Waals surface area contributed by atoms with Crippen LogP contribution in [-0.4, -0.2) is 28.7 Å². The molecule has 0 aliphatic rings. The zero-order valence-corrected chi connectivity index (χ0v) is 9.40. The molecule has 0 radical (unpaired) electrons. The van der Waals surface area contributed by atoms with Crippen molar-refractivity contribution in [3.63, 3.8) is 0 Å². The fraction of sp³-hybridized carbons (Fsp3) is 0.300. The highest BCUT2D eigenvalue weighted by Gasteiger charge is 2.26. The van der Waals surface area contributed by atoms with E-state index in [4.69, 9.17) is 5.11 Å². The van der Waals surface area contributed by atoms with E-state index in [1.54, 1.807) is 0 Å². The molecule has 2 N–H and O–H groups in total. The van der Waals surface area contributed by atoms with Crippen LogP contribution in [0.2, 0.25) is 0 Å². The number of hydrogen-bond donors (Lipinski definition) is 2. The van der Waals surface area contributed by atoms with Crippen LogP contribution in [0.4, 0.5) is 18.9 Å². The van der Waals surface area contributed by atoms with Gasteiger partial charge in [-0.1, -0.05) is 0 Å². The van der Waals surface area contributed by atoms with Crippen LogP contribution in [0.3, 0.4) is 0 Å². The van der Waals surface area contributed by atoms with E-state index in [2.05, 4.69) is 0 Å². The second kappa shape index (κ2) is 5.65. The Bertz CT molecular complexity index is 502. The molecule has 0 amide bonds. The van der Waals surface area contributed by atoms with Gasteiger partial charge in [-0.2, -0.15) is 13.2 Å². The molecule has 19 heavy (non-hydrogen) atoms. The number of halogens is 3.